The Hall–Kier alpha value is -8.29. The van der Waals surface area contributed by atoms with Crippen LogP contribution in [0.3, 0.4) is 0 Å². The van der Waals surface area contributed by atoms with Crippen molar-refractivity contribution < 1.29 is 33.8 Å². The minimum absolute atomic E-state index is 0.0515. The van der Waals surface area contributed by atoms with E-state index < -0.39 is 47.2 Å². The zero-order valence-electron chi connectivity index (χ0n) is 43.0. The number of hydrogen-bond acceptors (Lipinski definition) is 16. The molecule has 4 aromatic heterocycles. The van der Waals surface area contributed by atoms with E-state index in [1.807, 2.05) is 71.0 Å². The fraction of sp³-hybridized carbons (Fsp3) is 0.377. The van der Waals surface area contributed by atoms with Crippen LogP contribution in [0, 0.1) is 30.1 Å². The maximum atomic E-state index is 14.2. The number of amides is 5. The Morgan fingerprint density at radius 3 is 2.35 bits per heavy atom. The fourth-order valence-electron chi connectivity index (χ4n) is 8.73. The van der Waals surface area contributed by atoms with Crippen molar-refractivity contribution >= 4 is 63.9 Å². The predicted octanol–water partition coefficient (Wildman–Crippen LogP) is 4.91. The summed E-state index contributed by atoms with van der Waals surface area (Å²) in [6.07, 6.45) is 2.13. The van der Waals surface area contributed by atoms with Gasteiger partial charge < -0.3 is 46.2 Å². The van der Waals surface area contributed by atoms with Crippen LogP contribution in [0.25, 0.3) is 21.8 Å². The molecule has 0 unspecified atom stereocenters. The molecule has 390 valence electrons. The first kappa shape index (κ1) is 53.0. The van der Waals surface area contributed by atoms with Crippen LogP contribution in [0.4, 0.5) is 23.0 Å². The number of likely N-dealkylation sites (tertiary alicyclic amines) is 2. The van der Waals surface area contributed by atoms with Crippen molar-refractivity contribution in [2.24, 2.45) is 18.4 Å². The number of hydrogen-bond donors (Lipinski definition) is 6. The molecule has 0 saturated carbocycles. The van der Waals surface area contributed by atoms with Crippen LogP contribution >= 0.6 is 11.3 Å². The Kier molecular flexibility index (Phi) is 16.2. The first-order valence-corrected chi connectivity index (χ1v) is 25.3. The third-order valence-electron chi connectivity index (χ3n) is 12.9. The highest BCUT2D eigenvalue weighted by atomic mass is 32.1. The normalized spacial score (nSPS) is 16.2. The van der Waals surface area contributed by atoms with Crippen LogP contribution in [0.1, 0.15) is 80.3 Å². The lowest BCUT2D eigenvalue weighted by Gasteiger charge is -2.37. The van der Waals surface area contributed by atoms with E-state index in [0.29, 0.717) is 58.8 Å². The third kappa shape index (κ3) is 12.6. The number of pyridine rings is 1. The number of para-hydroxylation sites is 1. The number of methoxy groups -OCH3 is 1. The second kappa shape index (κ2) is 22.9. The highest BCUT2D eigenvalue weighted by molar-refractivity contribution is 7.13. The molecule has 2 aliphatic rings. The lowest BCUT2D eigenvalue weighted by Crippen LogP contribution is -2.58. The topological polar surface area (TPSA) is 264 Å². The van der Waals surface area contributed by atoms with Crippen molar-refractivity contribution in [2.45, 2.75) is 78.1 Å². The molecule has 0 spiro atoms. The zero-order valence-corrected chi connectivity index (χ0v) is 43.8. The van der Waals surface area contributed by atoms with E-state index in [1.165, 1.54) is 19.1 Å². The van der Waals surface area contributed by atoms with Gasteiger partial charge in [-0.25, -0.2) is 15.0 Å². The van der Waals surface area contributed by atoms with Gasteiger partial charge >= 0.3 is 0 Å². The standard InChI is InChI=1S/C53H60N14O7S/c1-30(34-15-17-35(18-16-34)47-31(2)57-29-75-47)58-50(71)40-22-36(68)27-67(40)52(73)48(53(3,4)5)61-43(69)20-21-44(70)66-25-33(26-66)13-12-32-14-19-41(55-24-32)60-42-23-39(45(63-62-42)51(72)54-6)59-38-11-9-10-37(46(38)74-8)49-56-28-65(7)64-49/h9-11,14-19,23-24,28-30,33,36,40,48,68H,20-22,25-27H2,1-8H3,(H,54,72)(H,58,71)(H,61,69)(H2,55,59,60,62)/t30-,36+,40-,48+/m0/s1. The Bertz CT molecular complexity index is 3140. The predicted molar refractivity (Wildman–Crippen MR) is 282 cm³/mol. The van der Waals surface area contributed by atoms with Gasteiger partial charge in [-0.2, -0.15) is 5.10 Å². The Labute approximate surface area is 438 Å². The average molecular weight is 1040 g/mol. The summed E-state index contributed by atoms with van der Waals surface area (Å²) >= 11 is 1.56. The number of benzene rings is 2. The number of thiazole rings is 1. The van der Waals surface area contributed by atoms with E-state index in [1.54, 1.807) is 70.3 Å². The molecule has 2 saturated heterocycles. The molecule has 6 heterocycles. The number of nitrogens with zero attached hydrogens (tertiary/aromatic N) is 9. The number of aryl methyl sites for hydroxylation is 2. The number of β-amino-alcohol motifs (C(OH)–C–C–N with tert-alkyl or cyclic N) is 1. The summed E-state index contributed by atoms with van der Waals surface area (Å²) in [5, 5.41) is 38.3. The smallest absolute Gasteiger partial charge is 0.273 e. The number of nitrogens with one attached hydrogen (secondary N) is 5. The van der Waals surface area contributed by atoms with Gasteiger partial charge in [0.15, 0.2) is 23.1 Å². The van der Waals surface area contributed by atoms with Crippen LogP contribution in [0.15, 0.2) is 78.7 Å². The van der Waals surface area contributed by atoms with Gasteiger partial charge in [-0.15, -0.1) is 21.5 Å². The number of aliphatic hydroxyl groups is 1. The minimum atomic E-state index is -1.02. The Morgan fingerprint density at radius 1 is 0.920 bits per heavy atom. The van der Waals surface area contributed by atoms with Crippen molar-refractivity contribution in [1.29, 1.82) is 0 Å². The van der Waals surface area contributed by atoms with E-state index in [0.717, 1.165) is 21.7 Å². The van der Waals surface area contributed by atoms with Crippen molar-refractivity contribution in [3.8, 4) is 39.4 Å². The van der Waals surface area contributed by atoms with E-state index in [9.17, 15) is 29.1 Å². The summed E-state index contributed by atoms with van der Waals surface area (Å²) in [4.78, 5) is 84.4. The van der Waals surface area contributed by atoms with Gasteiger partial charge in [0.1, 0.15) is 24.2 Å². The highest BCUT2D eigenvalue weighted by Crippen LogP contribution is 2.37. The lowest BCUT2D eigenvalue weighted by molar-refractivity contribution is -0.144. The molecule has 2 aromatic carbocycles. The van der Waals surface area contributed by atoms with E-state index >= 15 is 0 Å². The number of rotatable bonds is 16. The van der Waals surface area contributed by atoms with Crippen molar-refractivity contribution in [1.82, 2.24) is 60.7 Å². The monoisotopic (exact) mass is 1040 g/mol. The second-order valence-corrected chi connectivity index (χ2v) is 20.4. The SMILES string of the molecule is CNC(=O)c1nnc(Nc2ccc(C#CC3CN(C(=O)CCC(=O)N[C@H](C(=O)N4C[C@H](O)C[C@H]4C(=O)N[C@@H](C)c4ccc(-c5scnc5C)cc4)C(C)(C)C)C3)cn2)cc1Nc1cccc(-c2ncn(C)n2)c1OC. The zero-order chi connectivity index (χ0) is 53.6. The number of carbonyl (C=O) groups excluding carboxylic acids is 5. The van der Waals surface area contributed by atoms with Gasteiger partial charge in [0.2, 0.25) is 23.6 Å². The second-order valence-electron chi connectivity index (χ2n) is 19.5. The van der Waals surface area contributed by atoms with Crippen molar-refractivity contribution in [2.75, 3.05) is 44.4 Å². The Morgan fingerprint density at radius 2 is 1.69 bits per heavy atom. The van der Waals surface area contributed by atoms with Crippen molar-refractivity contribution in [3.05, 3.63) is 101 Å². The van der Waals surface area contributed by atoms with Gasteiger partial charge in [-0.05, 0) is 54.7 Å². The molecule has 5 amide bonds. The summed E-state index contributed by atoms with van der Waals surface area (Å²) in [6, 6.07) is 16.1. The number of aromatic nitrogens is 7. The lowest BCUT2D eigenvalue weighted by atomic mass is 9.85. The number of anilines is 4. The van der Waals surface area contributed by atoms with Crippen molar-refractivity contribution in [3.63, 3.8) is 0 Å². The first-order chi connectivity index (χ1) is 35.9. The summed E-state index contributed by atoms with van der Waals surface area (Å²) in [6.45, 7) is 10.0. The summed E-state index contributed by atoms with van der Waals surface area (Å²) < 4.78 is 7.33. The fourth-order valence-corrected chi connectivity index (χ4v) is 9.54. The molecule has 21 nitrogen and oxygen atoms in total. The summed E-state index contributed by atoms with van der Waals surface area (Å²) in [5.74, 6) is 5.91. The van der Waals surface area contributed by atoms with Crippen LogP contribution in [-0.4, -0.2) is 131 Å². The summed E-state index contributed by atoms with van der Waals surface area (Å²) in [5.41, 5.74) is 6.15. The summed E-state index contributed by atoms with van der Waals surface area (Å²) in [7, 11) is 4.80. The minimum Gasteiger partial charge on any atom is -0.494 e. The molecular formula is C53H60N14O7S. The maximum absolute atomic E-state index is 14.2. The van der Waals surface area contributed by atoms with Crippen LogP contribution in [-0.2, 0) is 26.2 Å². The van der Waals surface area contributed by atoms with E-state index in [-0.39, 0.29) is 49.4 Å². The van der Waals surface area contributed by atoms with E-state index in [4.69, 9.17) is 4.74 Å². The number of aliphatic hydroxyl groups excluding tert-OH is 1. The first-order valence-electron chi connectivity index (χ1n) is 24.4. The highest BCUT2D eigenvalue weighted by Gasteiger charge is 2.45. The van der Waals surface area contributed by atoms with Gasteiger partial charge in [0.25, 0.3) is 5.91 Å². The molecule has 75 heavy (non-hydrogen) atoms. The molecule has 6 N–H and O–H groups in total. The van der Waals surface area contributed by atoms with E-state index in [2.05, 4.69) is 68.7 Å². The van der Waals surface area contributed by atoms with Gasteiger partial charge in [0.05, 0.1) is 58.2 Å². The van der Waals surface area contributed by atoms with Crippen LogP contribution in [0.2, 0.25) is 0 Å². The molecule has 22 heteroatoms. The molecule has 0 bridgehead atoms. The molecule has 2 fully saturated rings. The molecule has 0 radical (unpaired) electrons. The Balaban J connectivity index is 0.811. The average Bonchev–Trinajstić information content (AvgIpc) is 4.13. The quantitative estimate of drug-likeness (QED) is 0.0704. The largest absolute Gasteiger partial charge is 0.494 e. The maximum Gasteiger partial charge on any atom is 0.273 e. The molecular weight excluding hydrogens is 977 g/mol. The van der Waals surface area contributed by atoms with Crippen LogP contribution < -0.4 is 31.3 Å². The van der Waals surface area contributed by atoms with Gasteiger partial charge in [-0.3, -0.25) is 28.7 Å². The van der Waals surface area contributed by atoms with Gasteiger partial charge in [0, 0.05) is 70.8 Å². The number of ether oxygens (including phenoxy) is 1. The van der Waals surface area contributed by atoms with Crippen LogP contribution in [0.5, 0.6) is 5.75 Å². The third-order valence-corrected chi connectivity index (χ3v) is 13.8. The molecule has 6 aromatic rings. The molecule has 2 aliphatic heterocycles. The molecule has 8 rings (SSSR count). The van der Waals surface area contributed by atoms with Gasteiger partial charge in [-0.1, -0.05) is 62.9 Å². The molecule has 0 aliphatic carbocycles. The molecule has 4 atom stereocenters. The number of carbonyl (C=O) groups is 5.